The smallest absolute Gasteiger partial charge is 0.307 e. The Morgan fingerprint density at radius 2 is 1.79 bits per heavy atom. The van der Waals surface area contributed by atoms with Gasteiger partial charge < -0.3 is 4.74 Å². The molecule has 0 bridgehead atoms. The number of ketones is 2. The molecule has 28 heavy (non-hydrogen) atoms. The Morgan fingerprint density at radius 1 is 1.04 bits per heavy atom. The Bertz CT molecular complexity index is 737. The average molecular weight is 387 g/mol. The van der Waals surface area contributed by atoms with E-state index in [1.54, 1.807) is 6.92 Å². The molecule has 0 radical (unpaired) electrons. The fourth-order valence-electron chi connectivity index (χ4n) is 7.56. The Kier molecular flexibility index (Phi) is 4.83. The van der Waals surface area contributed by atoms with Gasteiger partial charge >= 0.3 is 5.97 Å². The van der Waals surface area contributed by atoms with Crippen LogP contribution in [0, 0.1) is 40.4 Å². The van der Waals surface area contributed by atoms with E-state index < -0.39 is 0 Å². The largest absolute Gasteiger partial charge is 0.434 e. The lowest BCUT2D eigenvalue weighted by Crippen LogP contribution is -2.53. The van der Waals surface area contributed by atoms with Crippen molar-refractivity contribution in [1.29, 1.82) is 0 Å². The van der Waals surface area contributed by atoms with E-state index in [-0.39, 0.29) is 23.1 Å². The minimum atomic E-state index is -0.367. The monoisotopic (exact) mass is 386 g/mol. The third-order valence-corrected chi connectivity index (χ3v) is 9.25. The molecular formula is C24H34O4. The summed E-state index contributed by atoms with van der Waals surface area (Å²) in [5.74, 6) is 2.69. The molecule has 4 aliphatic carbocycles. The maximum absolute atomic E-state index is 13.1. The standard InChI is InChI=1S/C24H34O4/c1-14(25)16-7-9-23(3)18(11-16)5-6-19-20(23)8-10-24(4)21(19)12-17(22(24)27)13-28-15(2)26/h13,16,18-21H,5-12H2,1-4H3. The summed E-state index contributed by atoms with van der Waals surface area (Å²) in [7, 11) is 0. The van der Waals surface area contributed by atoms with Crippen molar-refractivity contribution in [1.82, 2.24) is 0 Å². The normalized spacial score (nSPS) is 46.5. The fourth-order valence-corrected chi connectivity index (χ4v) is 7.56. The van der Waals surface area contributed by atoms with Crippen LogP contribution >= 0.6 is 0 Å². The van der Waals surface area contributed by atoms with Crippen LogP contribution in [0.5, 0.6) is 0 Å². The van der Waals surface area contributed by atoms with Gasteiger partial charge in [-0.3, -0.25) is 14.4 Å². The van der Waals surface area contributed by atoms with Crippen molar-refractivity contribution in [3.8, 4) is 0 Å². The van der Waals surface area contributed by atoms with E-state index in [2.05, 4.69) is 13.8 Å². The first-order valence-electron chi connectivity index (χ1n) is 11.1. The molecular weight excluding hydrogens is 352 g/mol. The first-order chi connectivity index (χ1) is 13.2. The Labute approximate surface area is 168 Å². The summed E-state index contributed by atoms with van der Waals surface area (Å²) < 4.78 is 5.07. The molecule has 4 heteroatoms. The second-order valence-electron chi connectivity index (χ2n) is 10.5. The van der Waals surface area contributed by atoms with Gasteiger partial charge in [-0.25, -0.2) is 0 Å². The molecule has 7 unspecified atom stereocenters. The number of Topliss-reactive ketones (excluding diaryl/α,β-unsaturated/α-hetero) is 2. The Balaban J connectivity index is 1.58. The lowest BCUT2D eigenvalue weighted by Gasteiger charge is -2.60. The van der Waals surface area contributed by atoms with Crippen LogP contribution in [0.3, 0.4) is 0 Å². The number of carbonyl (C=O) groups excluding carboxylic acids is 3. The topological polar surface area (TPSA) is 60.4 Å². The maximum Gasteiger partial charge on any atom is 0.307 e. The third-order valence-electron chi connectivity index (χ3n) is 9.25. The zero-order valence-electron chi connectivity index (χ0n) is 17.8. The number of carbonyl (C=O) groups is 3. The molecule has 0 heterocycles. The van der Waals surface area contributed by atoms with Crippen LogP contribution in [-0.2, 0) is 19.1 Å². The highest BCUT2D eigenvalue weighted by Gasteiger charge is 2.61. The summed E-state index contributed by atoms with van der Waals surface area (Å²) in [6.07, 6.45) is 9.83. The quantitative estimate of drug-likeness (QED) is 0.386. The molecule has 154 valence electrons. The molecule has 4 saturated carbocycles. The van der Waals surface area contributed by atoms with E-state index in [9.17, 15) is 14.4 Å². The number of rotatable bonds is 2. The fraction of sp³-hybridized carbons (Fsp3) is 0.792. The number of fused-ring (bicyclic) bond motifs is 5. The summed E-state index contributed by atoms with van der Waals surface area (Å²) in [4.78, 5) is 36.3. The Hall–Kier alpha value is -1.45. The predicted molar refractivity (Wildman–Crippen MR) is 106 cm³/mol. The van der Waals surface area contributed by atoms with Gasteiger partial charge in [-0.05, 0) is 87.4 Å². The molecule has 0 aromatic heterocycles. The second kappa shape index (κ2) is 6.81. The number of allylic oxidation sites excluding steroid dienone is 1. The number of hydrogen-bond acceptors (Lipinski definition) is 4. The first-order valence-corrected chi connectivity index (χ1v) is 11.1. The summed E-state index contributed by atoms with van der Waals surface area (Å²) in [5.41, 5.74) is 0.713. The zero-order chi connectivity index (χ0) is 20.3. The molecule has 0 aliphatic heterocycles. The number of ether oxygens (including phenoxy) is 1. The lowest BCUT2D eigenvalue weighted by molar-refractivity contribution is -0.142. The van der Waals surface area contributed by atoms with Gasteiger partial charge in [-0.15, -0.1) is 0 Å². The predicted octanol–water partition coefficient (Wildman–Crippen LogP) is 4.86. The van der Waals surface area contributed by atoms with Gasteiger partial charge in [0.1, 0.15) is 12.0 Å². The highest BCUT2D eigenvalue weighted by Crippen LogP contribution is 2.66. The van der Waals surface area contributed by atoms with Crippen LogP contribution in [0.25, 0.3) is 0 Å². The van der Waals surface area contributed by atoms with Gasteiger partial charge in [0.2, 0.25) is 0 Å². The van der Waals surface area contributed by atoms with Crippen LogP contribution in [-0.4, -0.2) is 17.5 Å². The molecule has 4 fully saturated rings. The van der Waals surface area contributed by atoms with Gasteiger partial charge in [0, 0.05) is 23.8 Å². The minimum absolute atomic E-state index is 0.199. The van der Waals surface area contributed by atoms with E-state index in [0.717, 1.165) is 38.5 Å². The minimum Gasteiger partial charge on any atom is -0.434 e. The molecule has 7 atom stereocenters. The van der Waals surface area contributed by atoms with Gasteiger partial charge in [-0.2, -0.15) is 0 Å². The zero-order valence-corrected chi connectivity index (χ0v) is 17.8. The van der Waals surface area contributed by atoms with Crippen LogP contribution in [0.1, 0.15) is 79.1 Å². The second-order valence-corrected chi connectivity index (χ2v) is 10.5. The van der Waals surface area contributed by atoms with Crippen molar-refractivity contribution >= 4 is 17.5 Å². The highest BCUT2D eigenvalue weighted by atomic mass is 16.5. The molecule has 4 rings (SSSR count). The van der Waals surface area contributed by atoms with Crippen molar-refractivity contribution in [3.05, 3.63) is 11.8 Å². The number of esters is 1. The molecule has 0 spiro atoms. The van der Waals surface area contributed by atoms with Crippen molar-refractivity contribution in [2.75, 3.05) is 0 Å². The molecule has 4 aliphatic rings. The Morgan fingerprint density at radius 3 is 2.46 bits per heavy atom. The maximum atomic E-state index is 13.1. The van der Waals surface area contributed by atoms with Crippen LogP contribution in [0.2, 0.25) is 0 Å². The van der Waals surface area contributed by atoms with Crippen molar-refractivity contribution < 1.29 is 19.1 Å². The third kappa shape index (κ3) is 2.90. The van der Waals surface area contributed by atoms with Crippen molar-refractivity contribution in [2.45, 2.75) is 79.1 Å². The van der Waals surface area contributed by atoms with Crippen molar-refractivity contribution in [3.63, 3.8) is 0 Å². The summed E-state index contributed by atoms with van der Waals surface area (Å²) >= 11 is 0. The molecule has 0 N–H and O–H groups in total. The van der Waals surface area contributed by atoms with Gasteiger partial charge in [-0.1, -0.05) is 13.8 Å². The van der Waals surface area contributed by atoms with Crippen LogP contribution < -0.4 is 0 Å². The van der Waals surface area contributed by atoms with E-state index in [1.807, 2.05) is 0 Å². The lowest BCUT2D eigenvalue weighted by atomic mass is 9.44. The van der Waals surface area contributed by atoms with E-state index in [1.165, 1.54) is 26.0 Å². The van der Waals surface area contributed by atoms with Gasteiger partial charge in [0.05, 0.1) is 0 Å². The molecule has 0 aromatic carbocycles. The molecule has 4 nitrogen and oxygen atoms in total. The average Bonchev–Trinajstić information content (AvgIpc) is 2.90. The van der Waals surface area contributed by atoms with Crippen LogP contribution in [0.15, 0.2) is 11.8 Å². The van der Waals surface area contributed by atoms with Gasteiger partial charge in [0.15, 0.2) is 5.78 Å². The SMILES string of the molecule is CC(=O)OC=C1CC2C3CCC4CC(C(C)=O)CCC4(C)C3CCC2(C)C1=O. The molecule has 0 aromatic rings. The first kappa shape index (κ1) is 19.8. The van der Waals surface area contributed by atoms with E-state index >= 15 is 0 Å². The highest BCUT2D eigenvalue weighted by molar-refractivity contribution is 6.02. The summed E-state index contributed by atoms with van der Waals surface area (Å²) in [6.45, 7) is 7.75. The van der Waals surface area contributed by atoms with Gasteiger partial charge in [0.25, 0.3) is 0 Å². The van der Waals surface area contributed by atoms with Crippen molar-refractivity contribution in [2.24, 2.45) is 40.4 Å². The van der Waals surface area contributed by atoms with E-state index in [0.29, 0.717) is 40.4 Å². The van der Waals surface area contributed by atoms with E-state index in [4.69, 9.17) is 4.74 Å². The summed E-state index contributed by atoms with van der Waals surface area (Å²) in [5, 5.41) is 0. The van der Waals surface area contributed by atoms with Crippen LogP contribution in [0.4, 0.5) is 0 Å². The molecule has 0 amide bonds. The summed E-state index contributed by atoms with van der Waals surface area (Å²) in [6, 6.07) is 0. The molecule has 0 saturated heterocycles. The number of hydrogen-bond donors (Lipinski definition) is 0.